The Morgan fingerprint density at radius 3 is 2.42 bits per heavy atom. The first-order valence-electron chi connectivity index (χ1n) is 8.25. The lowest BCUT2D eigenvalue weighted by molar-refractivity contribution is 0.171. The second-order valence-corrected chi connectivity index (χ2v) is 5.94. The Morgan fingerprint density at radius 1 is 1.04 bits per heavy atom. The first kappa shape index (κ1) is 16.4. The summed E-state index contributed by atoms with van der Waals surface area (Å²) in [6.45, 7) is 3.22. The summed E-state index contributed by atoms with van der Waals surface area (Å²) in [6, 6.07) is 20.3. The van der Waals surface area contributed by atoms with Crippen molar-refractivity contribution >= 4 is 0 Å². The number of imidazole rings is 1. The molecule has 0 aliphatic heterocycles. The number of benzene rings is 2. The molecule has 0 aliphatic rings. The van der Waals surface area contributed by atoms with Gasteiger partial charge in [-0.15, -0.1) is 0 Å². The van der Waals surface area contributed by atoms with Crippen LogP contribution in [-0.4, -0.2) is 27.3 Å². The molecule has 0 saturated heterocycles. The number of para-hydroxylation sites is 1. The van der Waals surface area contributed by atoms with E-state index >= 15 is 0 Å². The van der Waals surface area contributed by atoms with Gasteiger partial charge in [-0.3, -0.25) is 4.57 Å². The van der Waals surface area contributed by atoms with Crippen molar-refractivity contribution in [3.05, 3.63) is 83.9 Å². The largest absolute Gasteiger partial charge is 0.391 e. The van der Waals surface area contributed by atoms with Crippen LogP contribution in [0, 0.1) is 6.92 Å². The third-order valence-corrected chi connectivity index (χ3v) is 4.03. The lowest BCUT2D eigenvalue weighted by Gasteiger charge is -2.14. The van der Waals surface area contributed by atoms with E-state index in [0.29, 0.717) is 19.5 Å². The number of aliphatic hydroxyl groups is 1. The fraction of sp³-hybridized carbons (Fsp3) is 0.250. The van der Waals surface area contributed by atoms with Crippen molar-refractivity contribution < 1.29 is 5.11 Å². The number of aromatic nitrogens is 2. The summed E-state index contributed by atoms with van der Waals surface area (Å²) in [6.07, 6.45) is 2.14. The van der Waals surface area contributed by atoms with Crippen molar-refractivity contribution in [2.45, 2.75) is 26.0 Å². The first-order chi connectivity index (χ1) is 11.7. The van der Waals surface area contributed by atoms with Gasteiger partial charge in [-0.05, 0) is 31.0 Å². The predicted molar refractivity (Wildman–Crippen MR) is 96.2 cm³/mol. The van der Waals surface area contributed by atoms with Crippen LogP contribution in [0.4, 0.5) is 0 Å². The van der Waals surface area contributed by atoms with Crippen molar-refractivity contribution in [2.24, 2.45) is 0 Å². The maximum atomic E-state index is 10.2. The zero-order chi connectivity index (χ0) is 16.8. The molecule has 1 aromatic heterocycles. The van der Waals surface area contributed by atoms with Crippen LogP contribution in [0.5, 0.6) is 0 Å². The highest BCUT2D eigenvalue weighted by atomic mass is 16.3. The normalized spacial score (nSPS) is 12.2. The fourth-order valence-electron chi connectivity index (χ4n) is 2.87. The number of aryl methyl sites for hydroxylation is 1. The fourth-order valence-corrected chi connectivity index (χ4v) is 2.87. The summed E-state index contributed by atoms with van der Waals surface area (Å²) in [5.74, 6) is 0.961. The van der Waals surface area contributed by atoms with Crippen LogP contribution >= 0.6 is 0 Å². The van der Waals surface area contributed by atoms with Crippen LogP contribution in [0.3, 0.4) is 0 Å². The van der Waals surface area contributed by atoms with Gasteiger partial charge in [-0.25, -0.2) is 4.98 Å². The van der Waals surface area contributed by atoms with E-state index in [2.05, 4.69) is 27.0 Å². The summed E-state index contributed by atoms with van der Waals surface area (Å²) < 4.78 is 2.14. The van der Waals surface area contributed by atoms with Crippen LogP contribution in [0.2, 0.25) is 0 Å². The van der Waals surface area contributed by atoms with Crippen LogP contribution < -0.4 is 5.32 Å². The molecule has 1 heterocycles. The van der Waals surface area contributed by atoms with E-state index in [4.69, 9.17) is 0 Å². The molecule has 3 rings (SSSR count). The Kier molecular flexibility index (Phi) is 5.41. The van der Waals surface area contributed by atoms with Gasteiger partial charge in [0.25, 0.3) is 0 Å². The summed E-state index contributed by atoms with van der Waals surface area (Å²) in [7, 11) is 0. The average Bonchev–Trinajstić information content (AvgIpc) is 2.97. The molecule has 24 heavy (non-hydrogen) atoms. The van der Waals surface area contributed by atoms with Crippen molar-refractivity contribution in [2.75, 3.05) is 6.54 Å². The van der Waals surface area contributed by atoms with Gasteiger partial charge in [0.05, 0.1) is 18.0 Å². The molecular weight excluding hydrogens is 298 g/mol. The summed E-state index contributed by atoms with van der Waals surface area (Å²) >= 11 is 0. The van der Waals surface area contributed by atoms with E-state index < -0.39 is 6.10 Å². The number of nitrogens with one attached hydrogen (secondary N) is 1. The maximum absolute atomic E-state index is 10.2. The number of nitrogens with zero attached hydrogens (tertiary/aromatic N) is 2. The molecule has 4 heteroatoms. The Balaban J connectivity index is 1.58. The highest BCUT2D eigenvalue weighted by Gasteiger charge is 2.10. The zero-order valence-corrected chi connectivity index (χ0v) is 13.9. The second kappa shape index (κ2) is 7.90. The lowest BCUT2D eigenvalue weighted by Crippen LogP contribution is -2.28. The molecule has 0 bridgehead atoms. The van der Waals surface area contributed by atoms with Crippen LogP contribution in [0.25, 0.3) is 5.69 Å². The van der Waals surface area contributed by atoms with E-state index in [9.17, 15) is 5.11 Å². The van der Waals surface area contributed by atoms with Gasteiger partial charge in [0.15, 0.2) is 0 Å². The zero-order valence-electron chi connectivity index (χ0n) is 13.9. The lowest BCUT2D eigenvalue weighted by atomic mass is 10.1. The number of hydrogen-bond acceptors (Lipinski definition) is 3. The van der Waals surface area contributed by atoms with Crippen LogP contribution in [0.15, 0.2) is 66.9 Å². The SMILES string of the molecule is Cc1ncc(CNCC(O)Cc2ccccc2)n1-c1ccccc1. The van der Waals surface area contributed by atoms with E-state index in [-0.39, 0.29) is 0 Å². The maximum Gasteiger partial charge on any atom is 0.110 e. The number of rotatable bonds is 7. The Hall–Kier alpha value is -2.43. The van der Waals surface area contributed by atoms with Crippen molar-refractivity contribution in [1.82, 2.24) is 14.9 Å². The highest BCUT2D eigenvalue weighted by molar-refractivity contribution is 5.35. The van der Waals surface area contributed by atoms with Gasteiger partial charge >= 0.3 is 0 Å². The molecule has 1 unspecified atom stereocenters. The molecule has 0 fully saturated rings. The van der Waals surface area contributed by atoms with E-state index in [0.717, 1.165) is 22.8 Å². The first-order valence-corrected chi connectivity index (χ1v) is 8.25. The quantitative estimate of drug-likeness (QED) is 0.703. The van der Waals surface area contributed by atoms with Gasteiger partial charge in [0.1, 0.15) is 5.82 Å². The molecule has 1 atom stereocenters. The summed E-state index contributed by atoms with van der Waals surface area (Å²) in [5.41, 5.74) is 3.34. The predicted octanol–water partition coefficient (Wildman–Crippen LogP) is 2.87. The molecule has 0 spiro atoms. The Labute approximate surface area is 142 Å². The minimum Gasteiger partial charge on any atom is -0.391 e. The van der Waals surface area contributed by atoms with E-state index in [1.54, 1.807) is 0 Å². The number of aliphatic hydroxyl groups excluding tert-OH is 1. The standard InChI is InChI=1S/C20H23N3O/c1-16-22-14-19(23(16)18-10-6-3-7-11-18)13-21-15-20(24)12-17-8-4-2-5-9-17/h2-11,14,20-21,24H,12-13,15H2,1H3. The molecule has 2 aromatic carbocycles. The molecule has 0 amide bonds. The van der Waals surface area contributed by atoms with E-state index in [1.807, 2.05) is 61.7 Å². The molecule has 4 nitrogen and oxygen atoms in total. The minimum absolute atomic E-state index is 0.401. The molecular formula is C20H23N3O. The highest BCUT2D eigenvalue weighted by Crippen LogP contribution is 2.14. The van der Waals surface area contributed by atoms with Gasteiger partial charge < -0.3 is 10.4 Å². The van der Waals surface area contributed by atoms with Gasteiger partial charge in [-0.2, -0.15) is 0 Å². The molecule has 2 N–H and O–H groups in total. The monoisotopic (exact) mass is 321 g/mol. The smallest absolute Gasteiger partial charge is 0.110 e. The van der Waals surface area contributed by atoms with Gasteiger partial charge in [0.2, 0.25) is 0 Å². The van der Waals surface area contributed by atoms with Crippen molar-refractivity contribution in [1.29, 1.82) is 0 Å². The molecule has 3 aromatic rings. The summed E-state index contributed by atoms with van der Waals surface area (Å²) in [5, 5.41) is 13.5. The Bertz CT molecular complexity index is 753. The number of hydrogen-bond donors (Lipinski definition) is 2. The van der Waals surface area contributed by atoms with Crippen molar-refractivity contribution in [3.8, 4) is 5.69 Å². The van der Waals surface area contributed by atoms with Gasteiger partial charge in [0, 0.05) is 18.8 Å². The second-order valence-electron chi connectivity index (χ2n) is 5.94. The minimum atomic E-state index is -0.401. The van der Waals surface area contributed by atoms with Crippen molar-refractivity contribution in [3.63, 3.8) is 0 Å². The third kappa shape index (κ3) is 4.10. The molecule has 124 valence electrons. The molecule has 0 radical (unpaired) electrons. The molecule has 0 aliphatic carbocycles. The van der Waals surface area contributed by atoms with Gasteiger partial charge in [-0.1, -0.05) is 48.5 Å². The summed E-state index contributed by atoms with van der Waals surface area (Å²) in [4.78, 5) is 4.42. The van der Waals surface area contributed by atoms with Crippen LogP contribution in [0.1, 0.15) is 17.1 Å². The average molecular weight is 321 g/mol. The van der Waals surface area contributed by atoms with E-state index in [1.165, 1.54) is 0 Å². The topological polar surface area (TPSA) is 50.1 Å². The Morgan fingerprint density at radius 2 is 1.71 bits per heavy atom. The molecule has 0 saturated carbocycles. The van der Waals surface area contributed by atoms with Crippen LogP contribution in [-0.2, 0) is 13.0 Å². The third-order valence-electron chi connectivity index (χ3n) is 4.03.